The zero-order chi connectivity index (χ0) is 12.6. The Bertz CT molecular complexity index is 234. The SMILES string of the molecule is COC1CC(C(F)(F)F)CNC1C(C)(C)C. The average Bonchev–Trinajstić information content (AvgIpc) is 2.14. The molecule has 1 heterocycles. The van der Waals surface area contributed by atoms with E-state index in [1.807, 2.05) is 20.8 Å². The van der Waals surface area contributed by atoms with Gasteiger partial charge in [-0.25, -0.2) is 0 Å². The molecular weight excluding hydrogens is 219 g/mol. The van der Waals surface area contributed by atoms with Crippen molar-refractivity contribution in [2.24, 2.45) is 11.3 Å². The van der Waals surface area contributed by atoms with E-state index in [2.05, 4.69) is 5.32 Å². The predicted molar refractivity (Wildman–Crippen MR) is 56.2 cm³/mol. The number of halogens is 3. The van der Waals surface area contributed by atoms with Crippen LogP contribution in [0.3, 0.4) is 0 Å². The molecule has 1 aliphatic rings. The second kappa shape index (κ2) is 4.53. The first kappa shape index (κ1) is 13.8. The molecule has 0 aliphatic carbocycles. The van der Waals surface area contributed by atoms with Crippen molar-refractivity contribution in [3.8, 4) is 0 Å². The molecule has 5 heteroatoms. The van der Waals surface area contributed by atoms with Crippen LogP contribution in [0.15, 0.2) is 0 Å². The number of hydrogen-bond acceptors (Lipinski definition) is 2. The van der Waals surface area contributed by atoms with Crippen molar-refractivity contribution in [1.82, 2.24) is 5.32 Å². The van der Waals surface area contributed by atoms with Crippen molar-refractivity contribution in [1.29, 1.82) is 0 Å². The van der Waals surface area contributed by atoms with E-state index in [1.165, 1.54) is 7.11 Å². The monoisotopic (exact) mass is 239 g/mol. The highest BCUT2D eigenvalue weighted by Crippen LogP contribution is 2.36. The summed E-state index contributed by atoms with van der Waals surface area (Å²) < 4.78 is 42.9. The Morgan fingerprint density at radius 1 is 1.19 bits per heavy atom. The first-order valence-electron chi connectivity index (χ1n) is 5.49. The molecule has 3 unspecified atom stereocenters. The van der Waals surface area contributed by atoms with Crippen molar-refractivity contribution in [2.75, 3.05) is 13.7 Å². The highest BCUT2D eigenvalue weighted by molar-refractivity contribution is 4.94. The van der Waals surface area contributed by atoms with Gasteiger partial charge < -0.3 is 10.1 Å². The number of piperidine rings is 1. The van der Waals surface area contributed by atoms with Gasteiger partial charge in [0, 0.05) is 19.7 Å². The van der Waals surface area contributed by atoms with Gasteiger partial charge in [0.2, 0.25) is 0 Å². The van der Waals surface area contributed by atoms with Gasteiger partial charge >= 0.3 is 6.18 Å². The van der Waals surface area contributed by atoms with Crippen LogP contribution in [0, 0.1) is 11.3 Å². The Morgan fingerprint density at radius 3 is 2.12 bits per heavy atom. The van der Waals surface area contributed by atoms with Gasteiger partial charge in [-0.1, -0.05) is 20.8 Å². The quantitative estimate of drug-likeness (QED) is 0.759. The van der Waals surface area contributed by atoms with Crippen LogP contribution in [0.2, 0.25) is 0 Å². The van der Waals surface area contributed by atoms with E-state index in [-0.39, 0.29) is 30.5 Å². The summed E-state index contributed by atoms with van der Waals surface area (Å²) in [7, 11) is 1.48. The summed E-state index contributed by atoms with van der Waals surface area (Å²) in [5.74, 6) is -1.30. The van der Waals surface area contributed by atoms with Crippen LogP contribution in [0.4, 0.5) is 13.2 Å². The van der Waals surface area contributed by atoms with Gasteiger partial charge in [-0.05, 0) is 11.8 Å². The summed E-state index contributed by atoms with van der Waals surface area (Å²) in [6.07, 6.45) is -4.46. The lowest BCUT2D eigenvalue weighted by atomic mass is 9.77. The van der Waals surface area contributed by atoms with Gasteiger partial charge in [-0.15, -0.1) is 0 Å². The first-order valence-corrected chi connectivity index (χ1v) is 5.49. The van der Waals surface area contributed by atoms with E-state index in [0.717, 1.165) is 0 Å². The summed E-state index contributed by atoms with van der Waals surface area (Å²) in [5.41, 5.74) is -0.1000. The number of hydrogen-bond donors (Lipinski definition) is 1. The van der Waals surface area contributed by atoms with Crippen LogP contribution in [0.5, 0.6) is 0 Å². The molecule has 1 rings (SSSR count). The fourth-order valence-corrected chi connectivity index (χ4v) is 2.25. The smallest absolute Gasteiger partial charge is 0.380 e. The molecule has 0 aromatic rings. The van der Waals surface area contributed by atoms with Crippen LogP contribution in [-0.4, -0.2) is 32.0 Å². The highest BCUT2D eigenvalue weighted by Gasteiger charge is 2.47. The van der Waals surface area contributed by atoms with E-state index in [0.29, 0.717) is 0 Å². The number of alkyl halides is 3. The highest BCUT2D eigenvalue weighted by atomic mass is 19.4. The number of ether oxygens (including phenoxy) is 1. The van der Waals surface area contributed by atoms with Crippen molar-refractivity contribution in [3.05, 3.63) is 0 Å². The third-order valence-electron chi connectivity index (χ3n) is 3.17. The average molecular weight is 239 g/mol. The minimum atomic E-state index is -4.13. The first-order chi connectivity index (χ1) is 7.16. The summed E-state index contributed by atoms with van der Waals surface area (Å²) in [6.45, 7) is 6.01. The van der Waals surface area contributed by atoms with Crippen molar-refractivity contribution in [2.45, 2.75) is 45.5 Å². The Labute approximate surface area is 94.5 Å². The third kappa shape index (κ3) is 3.10. The third-order valence-corrected chi connectivity index (χ3v) is 3.17. The lowest BCUT2D eigenvalue weighted by Gasteiger charge is -2.43. The number of rotatable bonds is 1. The lowest BCUT2D eigenvalue weighted by molar-refractivity contribution is -0.192. The van der Waals surface area contributed by atoms with Crippen LogP contribution >= 0.6 is 0 Å². The van der Waals surface area contributed by atoms with Crippen LogP contribution < -0.4 is 5.32 Å². The Morgan fingerprint density at radius 2 is 1.75 bits per heavy atom. The Hall–Kier alpha value is -0.290. The minimum absolute atomic E-state index is 0.00863. The van der Waals surface area contributed by atoms with E-state index >= 15 is 0 Å². The molecule has 0 saturated carbocycles. The molecular formula is C11H20F3NO. The fourth-order valence-electron chi connectivity index (χ4n) is 2.25. The topological polar surface area (TPSA) is 21.3 Å². The van der Waals surface area contributed by atoms with Gasteiger partial charge in [0.05, 0.1) is 12.0 Å². The zero-order valence-electron chi connectivity index (χ0n) is 10.2. The van der Waals surface area contributed by atoms with Gasteiger partial charge in [0.15, 0.2) is 0 Å². The molecule has 3 atom stereocenters. The van der Waals surface area contributed by atoms with Crippen molar-refractivity contribution >= 4 is 0 Å². The number of methoxy groups -OCH3 is 1. The second-order valence-corrected chi connectivity index (χ2v) is 5.50. The largest absolute Gasteiger partial charge is 0.393 e. The van der Waals surface area contributed by atoms with Gasteiger partial charge in [0.1, 0.15) is 0 Å². The van der Waals surface area contributed by atoms with E-state index in [1.54, 1.807) is 0 Å². The molecule has 0 radical (unpaired) electrons. The molecule has 0 amide bonds. The number of nitrogens with one attached hydrogen (secondary N) is 1. The van der Waals surface area contributed by atoms with Gasteiger partial charge in [-0.2, -0.15) is 13.2 Å². The molecule has 1 N–H and O–H groups in total. The Balaban J connectivity index is 2.72. The normalized spacial score (nSPS) is 32.8. The molecule has 0 aromatic heterocycles. The molecule has 0 spiro atoms. The maximum atomic E-state index is 12.6. The molecule has 2 nitrogen and oxygen atoms in total. The van der Waals surface area contributed by atoms with Gasteiger partial charge in [-0.3, -0.25) is 0 Å². The lowest BCUT2D eigenvalue weighted by Crippen LogP contribution is -2.57. The summed E-state index contributed by atoms with van der Waals surface area (Å²) in [5, 5.41) is 2.97. The van der Waals surface area contributed by atoms with Crippen LogP contribution in [-0.2, 0) is 4.74 Å². The fraction of sp³-hybridized carbons (Fsp3) is 1.00. The molecule has 0 aromatic carbocycles. The molecule has 1 fully saturated rings. The second-order valence-electron chi connectivity index (χ2n) is 5.50. The maximum absolute atomic E-state index is 12.6. The van der Waals surface area contributed by atoms with Crippen LogP contribution in [0.1, 0.15) is 27.2 Å². The van der Waals surface area contributed by atoms with E-state index < -0.39 is 12.1 Å². The molecule has 16 heavy (non-hydrogen) atoms. The standard InChI is InChI=1S/C11H20F3NO/c1-10(2,3)9-8(16-4)5-7(6-15-9)11(12,13)14/h7-9,15H,5-6H2,1-4H3. The molecule has 0 bridgehead atoms. The Kier molecular flexibility index (Phi) is 3.90. The van der Waals surface area contributed by atoms with Crippen molar-refractivity contribution < 1.29 is 17.9 Å². The van der Waals surface area contributed by atoms with Crippen molar-refractivity contribution in [3.63, 3.8) is 0 Å². The summed E-state index contributed by atoms with van der Waals surface area (Å²) in [4.78, 5) is 0. The zero-order valence-corrected chi connectivity index (χ0v) is 10.2. The van der Waals surface area contributed by atoms with Crippen LogP contribution in [0.25, 0.3) is 0 Å². The predicted octanol–water partition coefficient (Wildman–Crippen LogP) is 2.59. The van der Waals surface area contributed by atoms with Gasteiger partial charge in [0.25, 0.3) is 0 Å². The minimum Gasteiger partial charge on any atom is -0.380 e. The molecule has 96 valence electrons. The summed E-state index contributed by atoms with van der Waals surface area (Å²) in [6, 6.07) is -0.0314. The molecule has 1 aliphatic heterocycles. The van der Waals surface area contributed by atoms with E-state index in [4.69, 9.17) is 4.74 Å². The summed E-state index contributed by atoms with van der Waals surface area (Å²) >= 11 is 0. The maximum Gasteiger partial charge on any atom is 0.393 e. The molecule has 1 saturated heterocycles. The van der Waals surface area contributed by atoms with E-state index in [9.17, 15) is 13.2 Å².